The molecule has 252 valence electrons. The molecule has 12 rings (SSSR count). The Balaban J connectivity index is 1.13. The maximum absolute atomic E-state index is 6.47. The van der Waals surface area contributed by atoms with Crippen LogP contribution >= 0.6 is 0 Å². The average molecular weight is 690 g/mol. The average Bonchev–Trinajstić information content (AvgIpc) is 3.90. The van der Waals surface area contributed by atoms with Gasteiger partial charge >= 0.3 is 0 Å². The minimum atomic E-state index is -0.0878. The standard InChI is InChI=1S/C51H31NO2/c1-2-11-32-28-35(23-20-31(32)10-1)52-44-17-6-3-14-43(44)51-42-16-9-15-41(36(42)26-27-45(51)52)50(33-21-24-39-37-12-4-7-18-46(37)53-48(39)29-33)34-22-25-40-38-13-5-8-19-47(38)54-49(40)30-34/h1-30,50H. The summed E-state index contributed by atoms with van der Waals surface area (Å²) in [5.41, 5.74) is 10.7. The molecule has 0 saturated carbocycles. The first kappa shape index (κ1) is 29.5. The van der Waals surface area contributed by atoms with Crippen LogP contribution < -0.4 is 0 Å². The predicted octanol–water partition coefficient (Wildman–Crippen LogP) is 14.1. The highest BCUT2D eigenvalue weighted by atomic mass is 16.3. The van der Waals surface area contributed by atoms with Crippen LogP contribution in [0.1, 0.15) is 22.6 Å². The van der Waals surface area contributed by atoms with Crippen molar-refractivity contribution in [2.24, 2.45) is 0 Å². The van der Waals surface area contributed by atoms with Crippen LogP contribution in [0, 0.1) is 0 Å². The number of aromatic nitrogens is 1. The van der Waals surface area contributed by atoms with Gasteiger partial charge in [0.05, 0.1) is 11.0 Å². The fraction of sp³-hybridized carbons (Fsp3) is 0.0196. The van der Waals surface area contributed by atoms with Gasteiger partial charge in [-0.2, -0.15) is 0 Å². The summed E-state index contributed by atoms with van der Waals surface area (Å²) in [5.74, 6) is -0.0878. The summed E-state index contributed by atoms with van der Waals surface area (Å²) in [4.78, 5) is 0. The molecule has 0 aliphatic carbocycles. The first-order chi connectivity index (χ1) is 26.8. The molecule has 0 radical (unpaired) electrons. The summed E-state index contributed by atoms with van der Waals surface area (Å²) < 4.78 is 15.4. The van der Waals surface area contributed by atoms with E-state index in [2.05, 4.69) is 162 Å². The third-order valence-electron chi connectivity index (χ3n) is 11.5. The summed E-state index contributed by atoms with van der Waals surface area (Å²) in [5, 5.41) is 12.0. The van der Waals surface area contributed by atoms with Gasteiger partial charge in [0.25, 0.3) is 0 Å². The Hall–Kier alpha value is -7.10. The molecule has 9 aromatic carbocycles. The predicted molar refractivity (Wildman–Crippen MR) is 224 cm³/mol. The number of rotatable bonds is 4. The Bertz CT molecular complexity index is 3350. The van der Waals surface area contributed by atoms with Gasteiger partial charge in [0.1, 0.15) is 22.3 Å². The van der Waals surface area contributed by atoms with Crippen LogP contribution in [0.15, 0.2) is 191 Å². The smallest absolute Gasteiger partial charge is 0.135 e. The van der Waals surface area contributed by atoms with Gasteiger partial charge in [-0.1, -0.05) is 133 Å². The molecule has 3 aromatic heterocycles. The van der Waals surface area contributed by atoms with Crippen molar-refractivity contribution >= 4 is 87.2 Å². The second-order valence-electron chi connectivity index (χ2n) is 14.4. The van der Waals surface area contributed by atoms with Crippen molar-refractivity contribution < 1.29 is 8.83 Å². The summed E-state index contributed by atoms with van der Waals surface area (Å²) in [6, 6.07) is 65.7. The number of furan rings is 2. The van der Waals surface area contributed by atoms with Gasteiger partial charge in [-0.15, -0.1) is 0 Å². The molecule has 0 atom stereocenters. The van der Waals surface area contributed by atoms with Crippen LogP contribution in [0.2, 0.25) is 0 Å². The van der Waals surface area contributed by atoms with E-state index in [1.54, 1.807) is 0 Å². The number of para-hydroxylation sites is 3. The van der Waals surface area contributed by atoms with Gasteiger partial charge < -0.3 is 13.4 Å². The normalized spacial score (nSPS) is 12.2. The largest absolute Gasteiger partial charge is 0.456 e. The lowest BCUT2D eigenvalue weighted by Gasteiger charge is -2.21. The van der Waals surface area contributed by atoms with E-state index < -0.39 is 0 Å². The van der Waals surface area contributed by atoms with Crippen molar-refractivity contribution in [1.82, 2.24) is 4.57 Å². The number of hydrogen-bond acceptors (Lipinski definition) is 2. The molecule has 0 amide bonds. The molecule has 0 N–H and O–H groups in total. The fourth-order valence-electron chi connectivity index (χ4n) is 9.09. The first-order valence-corrected chi connectivity index (χ1v) is 18.5. The maximum Gasteiger partial charge on any atom is 0.135 e. The molecule has 54 heavy (non-hydrogen) atoms. The maximum atomic E-state index is 6.47. The van der Waals surface area contributed by atoms with Gasteiger partial charge in [-0.3, -0.25) is 0 Å². The third kappa shape index (κ3) is 4.24. The number of fused-ring (bicyclic) bond motifs is 12. The zero-order valence-corrected chi connectivity index (χ0v) is 29.2. The number of hydrogen-bond donors (Lipinski definition) is 0. The van der Waals surface area contributed by atoms with Crippen molar-refractivity contribution in [2.75, 3.05) is 0 Å². The monoisotopic (exact) mass is 689 g/mol. The van der Waals surface area contributed by atoms with Crippen molar-refractivity contribution in [3.63, 3.8) is 0 Å². The Morgan fingerprint density at radius 3 is 1.65 bits per heavy atom. The Kier molecular flexibility index (Phi) is 6.11. The summed E-state index contributed by atoms with van der Waals surface area (Å²) in [6.45, 7) is 0. The molecule has 0 fully saturated rings. The van der Waals surface area contributed by atoms with Gasteiger partial charge in [-0.05, 0) is 86.8 Å². The molecule has 0 saturated heterocycles. The van der Waals surface area contributed by atoms with E-state index in [4.69, 9.17) is 8.83 Å². The van der Waals surface area contributed by atoms with Crippen LogP contribution in [0.4, 0.5) is 0 Å². The highest BCUT2D eigenvalue weighted by Gasteiger charge is 2.24. The zero-order chi connectivity index (χ0) is 35.3. The minimum absolute atomic E-state index is 0.0878. The van der Waals surface area contributed by atoms with Crippen LogP contribution in [0.3, 0.4) is 0 Å². The van der Waals surface area contributed by atoms with E-state index in [-0.39, 0.29) is 5.92 Å². The summed E-state index contributed by atoms with van der Waals surface area (Å²) >= 11 is 0. The molecule has 0 aliphatic rings. The Morgan fingerprint density at radius 1 is 0.352 bits per heavy atom. The van der Waals surface area contributed by atoms with Gasteiger partial charge in [0.15, 0.2) is 0 Å². The van der Waals surface area contributed by atoms with E-state index in [0.29, 0.717) is 0 Å². The SMILES string of the molecule is c1ccc2cc(-n3c4ccccc4c4c5cccc(C(c6ccc7c(c6)oc6ccccc67)c6ccc7c(c6)oc6ccccc67)c5ccc43)ccc2c1. The van der Waals surface area contributed by atoms with Gasteiger partial charge in [-0.25, -0.2) is 0 Å². The molecule has 12 aromatic rings. The lowest BCUT2D eigenvalue weighted by molar-refractivity contribution is 0.667. The number of benzene rings is 9. The molecular formula is C51H31NO2. The first-order valence-electron chi connectivity index (χ1n) is 18.5. The summed E-state index contributed by atoms with van der Waals surface area (Å²) in [6.07, 6.45) is 0. The van der Waals surface area contributed by atoms with E-state index >= 15 is 0 Å². The van der Waals surface area contributed by atoms with Crippen molar-refractivity contribution in [3.05, 3.63) is 199 Å². The van der Waals surface area contributed by atoms with Crippen LogP contribution in [0.5, 0.6) is 0 Å². The van der Waals surface area contributed by atoms with Crippen molar-refractivity contribution in [3.8, 4) is 5.69 Å². The van der Waals surface area contributed by atoms with E-state index in [0.717, 1.165) is 49.6 Å². The number of nitrogens with zero attached hydrogens (tertiary/aromatic N) is 1. The molecule has 3 heterocycles. The highest BCUT2D eigenvalue weighted by Crippen LogP contribution is 2.44. The molecular weight excluding hydrogens is 659 g/mol. The molecule has 0 aliphatic heterocycles. The van der Waals surface area contributed by atoms with Crippen LogP contribution in [-0.4, -0.2) is 4.57 Å². The molecule has 0 unspecified atom stereocenters. The lowest BCUT2D eigenvalue weighted by atomic mass is 9.82. The second-order valence-corrected chi connectivity index (χ2v) is 14.4. The third-order valence-corrected chi connectivity index (χ3v) is 11.5. The van der Waals surface area contributed by atoms with E-state index in [9.17, 15) is 0 Å². The molecule has 3 heteroatoms. The van der Waals surface area contributed by atoms with Crippen molar-refractivity contribution in [2.45, 2.75) is 5.92 Å². The molecule has 3 nitrogen and oxygen atoms in total. The topological polar surface area (TPSA) is 31.2 Å². The quantitative estimate of drug-likeness (QED) is 0.172. The van der Waals surface area contributed by atoms with E-state index in [1.807, 2.05) is 24.3 Å². The molecule has 0 bridgehead atoms. The van der Waals surface area contributed by atoms with Crippen LogP contribution in [0.25, 0.3) is 92.9 Å². The fourth-order valence-corrected chi connectivity index (χ4v) is 9.09. The Labute approximate surface area is 309 Å². The van der Waals surface area contributed by atoms with Gasteiger partial charge in [0, 0.05) is 43.9 Å². The lowest BCUT2D eigenvalue weighted by Crippen LogP contribution is -2.04. The molecule has 0 spiro atoms. The highest BCUT2D eigenvalue weighted by molar-refractivity contribution is 6.22. The zero-order valence-electron chi connectivity index (χ0n) is 29.2. The van der Waals surface area contributed by atoms with Crippen molar-refractivity contribution in [1.29, 1.82) is 0 Å². The Morgan fingerprint density at radius 2 is 0.926 bits per heavy atom. The minimum Gasteiger partial charge on any atom is -0.456 e. The van der Waals surface area contributed by atoms with Crippen LogP contribution in [-0.2, 0) is 0 Å². The van der Waals surface area contributed by atoms with Gasteiger partial charge in [0.2, 0.25) is 0 Å². The summed E-state index contributed by atoms with van der Waals surface area (Å²) in [7, 11) is 0. The van der Waals surface area contributed by atoms with E-state index in [1.165, 1.54) is 60.0 Å². The second kappa shape index (κ2) is 11.2.